The van der Waals surface area contributed by atoms with Gasteiger partial charge in [-0.15, -0.1) is 0 Å². The van der Waals surface area contributed by atoms with Crippen LogP contribution in [0.5, 0.6) is 0 Å². The number of rotatable bonds is 10. The molecule has 0 aliphatic carbocycles. The van der Waals surface area contributed by atoms with E-state index in [4.69, 9.17) is 15.2 Å². The van der Waals surface area contributed by atoms with Gasteiger partial charge in [-0.1, -0.05) is 0 Å². The molecule has 2 aromatic rings. The lowest BCUT2D eigenvalue weighted by atomic mass is 10.0. The van der Waals surface area contributed by atoms with Crippen molar-refractivity contribution in [2.24, 2.45) is 0 Å². The van der Waals surface area contributed by atoms with Gasteiger partial charge in [-0.2, -0.15) is 4.98 Å². The molecule has 1 saturated heterocycles. The second-order valence-electron chi connectivity index (χ2n) is 8.11. The molecule has 16 nitrogen and oxygen atoms in total. The largest absolute Gasteiger partial charge is 0.548 e. The van der Waals surface area contributed by atoms with Gasteiger partial charge in [-0.05, 0) is 13.3 Å². The Kier molecular flexibility index (Phi) is 8.36. The molecule has 2 aromatic heterocycles. The van der Waals surface area contributed by atoms with Crippen molar-refractivity contribution in [2.75, 3.05) is 12.3 Å². The van der Waals surface area contributed by atoms with Crippen LogP contribution in [-0.2, 0) is 25.6 Å². The minimum absolute atomic E-state index is 0.0185. The molecule has 16 heteroatoms. The number of aliphatic hydroxyl groups excluding tert-OH is 4. The summed E-state index contributed by atoms with van der Waals surface area (Å²) in [5.74, 6) is -2.67. The van der Waals surface area contributed by atoms with E-state index >= 15 is 0 Å². The number of nitrogens with two attached hydrogens (primary N) is 1. The number of imidazole rings is 1. The van der Waals surface area contributed by atoms with Crippen molar-refractivity contribution in [1.29, 1.82) is 0 Å². The minimum Gasteiger partial charge on any atom is -0.548 e. The maximum atomic E-state index is 12.2. The lowest BCUT2D eigenvalue weighted by molar-refractivity contribution is -0.310. The maximum absolute atomic E-state index is 12.2. The number of fused-ring (bicyclic) bond motifs is 1. The Hall–Kier alpha value is -3.15. The molecule has 3 heterocycles. The van der Waals surface area contributed by atoms with E-state index in [1.807, 2.05) is 0 Å². The normalized spacial score (nSPS) is 26.4. The van der Waals surface area contributed by atoms with Crippen LogP contribution < -0.4 is 21.7 Å². The maximum Gasteiger partial charge on any atom is 0.280 e. The molecular formula is C19H27N6O10-. The highest BCUT2D eigenvalue weighted by Crippen LogP contribution is 2.21. The van der Waals surface area contributed by atoms with Crippen LogP contribution in [0.25, 0.3) is 11.2 Å². The van der Waals surface area contributed by atoms with Gasteiger partial charge in [0.1, 0.15) is 18.3 Å². The molecule has 0 bridgehead atoms. The van der Waals surface area contributed by atoms with Crippen molar-refractivity contribution < 1.29 is 44.6 Å². The van der Waals surface area contributed by atoms with Crippen molar-refractivity contribution in [3.63, 3.8) is 0 Å². The summed E-state index contributed by atoms with van der Waals surface area (Å²) >= 11 is 0. The highest BCUT2D eigenvalue weighted by Gasteiger charge is 2.42. The molecule has 1 fully saturated rings. The van der Waals surface area contributed by atoms with Gasteiger partial charge in [0.2, 0.25) is 11.9 Å². The number of aromatic nitrogens is 4. The Morgan fingerprint density at radius 3 is 2.74 bits per heavy atom. The van der Waals surface area contributed by atoms with Crippen LogP contribution in [0.3, 0.4) is 0 Å². The number of hydrogen-bond acceptors (Lipinski definition) is 13. The second kappa shape index (κ2) is 11.1. The van der Waals surface area contributed by atoms with Gasteiger partial charge in [0.15, 0.2) is 17.5 Å². The van der Waals surface area contributed by atoms with Crippen LogP contribution in [0, 0.1) is 0 Å². The molecule has 1 aliphatic heterocycles. The van der Waals surface area contributed by atoms with Gasteiger partial charge in [-0.25, -0.2) is 4.98 Å². The van der Waals surface area contributed by atoms with Crippen LogP contribution in [0.15, 0.2) is 11.1 Å². The van der Waals surface area contributed by atoms with Gasteiger partial charge in [0.05, 0.1) is 43.7 Å². The average molecular weight is 499 g/mol. The van der Waals surface area contributed by atoms with Crippen LogP contribution in [0.4, 0.5) is 5.95 Å². The topological polar surface area (TPSA) is 258 Å². The highest BCUT2D eigenvalue weighted by molar-refractivity contribution is 5.83. The number of carboxylic acid groups (broad SMARTS) is 1. The number of amides is 1. The first-order valence-electron chi connectivity index (χ1n) is 10.7. The quantitative estimate of drug-likeness (QED) is 0.151. The molecule has 0 spiro atoms. The number of aliphatic carboxylic acids is 1. The first-order chi connectivity index (χ1) is 16.5. The molecule has 1 aliphatic rings. The first kappa shape index (κ1) is 26.5. The number of hydrogen-bond donors (Lipinski definition) is 7. The zero-order chi connectivity index (χ0) is 25.9. The molecule has 0 saturated carbocycles. The van der Waals surface area contributed by atoms with E-state index in [0.717, 1.165) is 0 Å². The van der Waals surface area contributed by atoms with E-state index in [2.05, 4.69) is 20.3 Å². The fourth-order valence-electron chi connectivity index (χ4n) is 3.55. The Morgan fingerprint density at radius 2 is 2.06 bits per heavy atom. The van der Waals surface area contributed by atoms with Gasteiger partial charge in [0, 0.05) is 6.42 Å². The smallest absolute Gasteiger partial charge is 0.280 e. The second-order valence-corrected chi connectivity index (χ2v) is 8.11. The zero-order valence-electron chi connectivity index (χ0n) is 18.6. The lowest BCUT2D eigenvalue weighted by Gasteiger charge is -2.38. The van der Waals surface area contributed by atoms with Crippen molar-refractivity contribution in [1.82, 2.24) is 24.8 Å². The van der Waals surface area contributed by atoms with Crippen molar-refractivity contribution in [3.05, 3.63) is 16.7 Å². The summed E-state index contributed by atoms with van der Waals surface area (Å²) < 4.78 is 11.8. The number of carboxylic acids is 1. The van der Waals surface area contributed by atoms with Crippen LogP contribution in [-0.4, -0.2) is 101 Å². The Morgan fingerprint density at radius 1 is 1.34 bits per heavy atom. The number of anilines is 1. The number of nitrogens with zero attached hydrogens (tertiary/aromatic N) is 3. The monoisotopic (exact) mass is 499 g/mol. The molecule has 0 radical (unpaired) electrons. The zero-order valence-corrected chi connectivity index (χ0v) is 18.6. The summed E-state index contributed by atoms with van der Waals surface area (Å²) in [6.07, 6.45) is -6.87. The Bertz CT molecular complexity index is 1110. The molecule has 0 unspecified atom stereocenters. The summed E-state index contributed by atoms with van der Waals surface area (Å²) in [6.45, 7) is 1.01. The summed E-state index contributed by atoms with van der Waals surface area (Å²) in [5, 5.41) is 53.4. The van der Waals surface area contributed by atoms with Crippen molar-refractivity contribution >= 4 is 29.0 Å². The fourth-order valence-corrected chi connectivity index (χ4v) is 3.55. The summed E-state index contributed by atoms with van der Waals surface area (Å²) in [4.78, 5) is 45.6. The molecule has 35 heavy (non-hydrogen) atoms. The fraction of sp³-hybridized carbons (Fsp3) is 0.632. The molecule has 7 atom stereocenters. The van der Waals surface area contributed by atoms with E-state index < -0.39 is 66.8 Å². The van der Waals surface area contributed by atoms with E-state index in [9.17, 15) is 39.9 Å². The van der Waals surface area contributed by atoms with Gasteiger partial charge in [-0.3, -0.25) is 14.6 Å². The van der Waals surface area contributed by atoms with E-state index in [1.54, 1.807) is 0 Å². The third kappa shape index (κ3) is 6.11. The number of H-pyrrole nitrogens is 1. The number of nitrogen functional groups attached to an aromatic ring is 1. The molecule has 194 valence electrons. The predicted molar refractivity (Wildman–Crippen MR) is 113 cm³/mol. The summed E-state index contributed by atoms with van der Waals surface area (Å²) in [7, 11) is 0. The van der Waals surface area contributed by atoms with Crippen LogP contribution >= 0.6 is 0 Å². The molecular weight excluding hydrogens is 472 g/mol. The predicted octanol–water partition coefficient (Wildman–Crippen LogP) is -5.08. The lowest BCUT2D eigenvalue weighted by Crippen LogP contribution is -2.57. The summed E-state index contributed by atoms with van der Waals surface area (Å²) in [6, 6.07) is -1.79. The minimum atomic E-state index is -1.79. The number of aliphatic hydroxyl groups is 4. The van der Waals surface area contributed by atoms with Crippen molar-refractivity contribution in [3.8, 4) is 0 Å². The van der Waals surface area contributed by atoms with Gasteiger partial charge in [0.25, 0.3) is 5.56 Å². The van der Waals surface area contributed by atoms with E-state index in [0.29, 0.717) is 0 Å². The average Bonchev–Trinajstić information content (AvgIpc) is 3.19. The number of ether oxygens (including phenoxy) is 2. The van der Waals surface area contributed by atoms with Crippen molar-refractivity contribution in [2.45, 2.75) is 69.2 Å². The van der Waals surface area contributed by atoms with Gasteiger partial charge >= 0.3 is 0 Å². The van der Waals surface area contributed by atoms with E-state index in [-0.39, 0.29) is 36.6 Å². The standard InChI is InChI=1S/C19H28N6O10/c1-7-12(28)13(29)14(30)18(35-7)34-4-2-3-9(27)22-10(17(32)33)8(26)5-25-6-21-11-15(25)23-19(20)24-16(11)31/h6-8,10,12-14,18,26,28-30H,2-5H2,1H3,(H,22,27)(H,32,33)(H3,20,23,24,31)/p-1/t7-,8-,10-,12+,13+,14-,18+/m0/s1. The van der Waals surface area contributed by atoms with Gasteiger partial charge < -0.3 is 55.4 Å². The molecule has 1 amide bonds. The Labute approximate surface area is 197 Å². The number of nitrogens with one attached hydrogen (secondary N) is 2. The summed E-state index contributed by atoms with van der Waals surface area (Å²) in [5.41, 5.74) is 4.84. The number of carbonyl (C=O) groups excluding carboxylic acids is 2. The number of carbonyl (C=O) groups is 2. The molecule has 3 rings (SSSR count). The number of aromatic amines is 1. The molecule has 8 N–H and O–H groups in total. The van der Waals surface area contributed by atoms with E-state index in [1.165, 1.54) is 17.8 Å². The highest BCUT2D eigenvalue weighted by atomic mass is 16.7. The third-order valence-corrected chi connectivity index (χ3v) is 5.47. The SMILES string of the molecule is C[C@@H]1O[C@@H](OCCCC(=O)N[C@H](C(=O)[O-])[C@@H](O)Cn2cnc3c(=O)[nH]c(N)nc32)[C@@H](O)[C@H](O)[C@@H]1O. The van der Waals surface area contributed by atoms with Crippen LogP contribution in [0.1, 0.15) is 19.8 Å². The molecule has 0 aromatic carbocycles. The van der Waals surface area contributed by atoms with Crippen LogP contribution in [0.2, 0.25) is 0 Å². The Balaban J connectivity index is 1.51. The third-order valence-electron chi connectivity index (χ3n) is 5.47. The first-order valence-corrected chi connectivity index (χ1v) is 10.7.